The van der Waals surface area contributed by atoms with Crippen molar-refractivity contribution in [2.24, 2.45) is 0 Å². The van der Waals surface area contributed by atoms with Crippen molar-refractivity contribution in [3.8, 4) is 0 Å². The SMILES string of the molecule is CONC1CN(C(=O)OC(C)(C)C)Cc2nc(COC3CCCCO3)sc21. The van der Waals surface area contributed by atoms with E-state index in [2.05, 4.69) is 10.5 Å². The van der Waals surface area contributed by atoms with Crippen LogP contribution in [0.15, 0.2) is 0 Å². The van der Waals surface area contributed by atoms with Crippen molar-refractivity contribution >= 4 is 17.4 Å². The second-order valence-corrected chi connectivity index (χ2v) is 8.88. The van der Waals surface area contributed by atoms with Gasteiger partial charge in [-0.2, -0.15) is 5.48 Å². The summed E-state index contributed by atoms with van der Waals surface area (Å²) in [7, 11) is 1.57. The van der Waals surface area contributed by atoms with Crippen molar-refractivity contribution in [3.05, 3.63) is 15.6 Å². The molecule has 27 heavy (non-hydrogen) atoms. The zero-order chi connectivity index (χ0) is 19.4. The second-order valence-electron chi connectivity index (χ2n) is 7.76. The Morgan fingerprint density at radius 1 is 1.41 bits per heavy atom. The van der Waals surface area contributed by atoms with Crippen LogP contribution in [0.5, 0.6) is 0 Å². The first-order valence-corrected chi connectivity index (χ1v) is 10.2. The predicted molar refractivity (Wildman–Crippen MR) is 100 cm³/mol. The molecule has 1 amide bonds. The van der Waals surface area contributed by atoms with Gasteiger partial charge in [0.15, 0.2) is 6.29 Å². The van der Waals surface area contributed by atoms with Crippen LogP contribution < -0.4 is 5.48 Å². The number of ether oxygens (including phenoxy) is 3. The Balaban J connectivity index is 1.67. The summed E-state index contributed by atoms with van der Waals surface area (Å²) < 4.78 is 17.0. The molecule has 9 heteroatoms. The molecule has 2 atom stereocenters. The van der Waals surface area contributed by atoms with E-state index in [1.807, 2.05) is 20.8 Å². The molecule has 0 bridgehead atoms. The van der Waals surface area contributed by atoms with Crippen LogP contribution >= 0.6 is 11.3 Å². The van der Waals surface area contributed by atoms with Crippen LogP contribution in [0.4, 0.5) is 4.79 Å². The Labute approximate surface area is 164 Å². The predicted octanol–water partition coefficient (Wildman–Crippen LogP) is 3.13. The average molecular weight is 400 g/mol. The third kappa shape index (κ3) is 5.61. The van der Waals surface area contributed by atoms with Gasteiger partial charge < -0.3 is 23.9 Å². The van der Waals surface area contributed by atoms with Crippen LogP contribution in [0.25, 0.3) is 0 Å². The van der Waals surface area contributed by atoms with Gasteiger partial charge >= 0.3 is 6.09 Å². The van der Waals surface area contributed by atoms with Gasteiger partial charge in [0.1, 0.15) is 17.2 Å². The molecule has 1 N–H and O–H groups in total. The summed E-state index contributed by atoms with van der Waals surface area (Å²) in [6, 6.07) is -0.150. The van der Waals surface area contributed by atoms with Crippen molar-refractivity contribution < 1.29 is 23.8 Å². The summed E-state index contributed by atoms with van der Waals surface area (Å²) in [6.07, 6.45) is 2.65. The Morgan fingerprint density at radius 3 is 2.89 bits per heavy atom. The third-order valence-corrected chi connectivity index (χ3v) is 5.46. The first-order chi connectivity index (χ1) is 12.9. The number of nitrogens with one attached hydrogen (secondary N) is 1. The van der Waals surface area contributed by atoms with Crippen LogP contribution in [0, 0.1) is 0 Å². The minimum absolute atomic E-state index is 0.147. The van der Waals surface area contributed by atoms with E-state index in [1.165, 1.54) is 0 Å². The maximum Gasteiger partial charge on any atom is 0.410 e. The summed E-state index contributed by atoms with van der Waals surface area (Å²) in [5, 5.41) is 0.878. The molecule has 3 rings (SSSR count). The third-order valence-electron chi connectivity index (χ3n) is 4.27. The van der Waals surface area contributed by atoms with Crippen LogP contribution in [-0.4, -0.2) is 48.1 Å². The fourth-order valence-electron chi connectivity index (χ4n) is 3.12. The largest absolute Gasteiger partial charge is 0.444 e. The Morgan fingerprint density at radius 2 is 2.22 bits per heavy atom. The molecular weight excluding hydrogens is 370 g/mol. The molecule has 8 nitrogen and oxygen atoms in total. The number of fused-ring (bicyclic) bond motifs is 1. The van der Waals surface area contributed by atoms with Crippen molar-refractivity contribution in [1.82, 2.24) is 15.4 Å². The molecule has 0 spiro atoms. The van der Waals surface area contributed by atoms with E-state index in [0.29, 0.717) is 19.7 Å². The number of rotatable bonds is 5. The summed E-state index contributed by atoms with van der Waals surface area (Å²) >= 11 is 1.59. The molecule has 0 radical (unpaired) electrons. The van der Waals surface area contributed by atoms with Gasteiger partial charge in [0.25, 0.3) is 0 Å². The molecule has 2 unspecified atom stereocenters. The van der Waals surface area contributed by atoms with Gasteiger partial charge in [-0.3, -0.25) is 0 Å². The van der Waals surface area contributed by atoms with Crippen molar-refractivity contribution in [2.75, 3.05) is 20.3 Å². The highest BCUT2D eigenvalue weighted by atomic mass is 32.1. The summed E-state index contributed by atoms with van der Waals surface area (Å²) in [6.45, 7) is 7.62. The lowest BCUT2D eigenvalue weighted by atomic mass is 10.1. The molecule has 1 fully saturated rings. The van der Waals surface area contributed by atoms with Crippen molar-refractivity contribution in [1.29, 1.82) is 0 Å². The highest BCUT2D eigenvalue weighted by molar-refractivity contribution is 7.11. The van der Waals surface area contributed by atoms with Crippen LogP contribution in [0.2, 0.25) is 0 Å². The molecular formula is C18H29N3O5S. The minimum atomic E-state index is -0.539. The topological polar surface area (TPSA) is 82.2 Å². The fourth-order valence-corrected chi connectivity index (χ4v) is 4.15. The summed E-state index contributed by atoms with van der Waals surface area (Å²) in [4.78, 5) is 25.0. The van der Waals surface area contributed by atoms with Gasteiger partial charge in [0.2, 0.25) is 0 Å². The number of hydroxylamine groups is 1. The molecule has 1 aromatic heterocycles. The molecule has 0 saturated carbocycles. The van der Waals surface area contributed by atoms with E-state index in [9.17, 15) is 4.79 Å². The van der Waals surface area contributed by atoms with Gasteiger partial charge in [0, 0.05) is 13.2 Å². The number of hydrogen-bond acceptors (Lipinski definition) is 8. The molecule has 1 saturated heterocycles. The molecule has 0 aromatic carbocycles. The van der Waals surface area contributed by atoms with Gasteiger partial charge in [0.05, 0.1) is 30.3 Å². The number of thiazole rings is 1. The van der Waals surface area contributed by atoms with E-state index in [-0.39, 0.29) is 18.4 Å². The highest BCUT2D eigenvalue weighted by Gasteiger charge is 2.34. The standard InChI is InChI=1S/C18H29N3O5S/c1-18(2,3)26-17(22)21-9-12-16(13(10-21)20-23-4)27-14(19-12)11-25-15-7-5-6-8-24-15/h13,15,20H,5-11H2,1-4H3. The smallest absolute Gasteiger partial charge is 0.410 e. The number of amides is 1. The first kappa shape index (κ1) is 20.5. The monoisotopic (exact) mass is 399 g/mol. The van der Waals surface area contributed by atoms with Gasteiger partial charge in [-0.05, 0) is 40.0 Å². The van der Waals surface area contributed by atoms with Gasteiger partial charge in [-0.15, -0.1) is 11.3 Å². The quantitative estimate of drug-likeness (QED) is 0.762. The van der Waals surface area contributed by atoms with Crippen LogP contribution in [0.3, 0.4) is 0 Å². The van der Waals surface area contributed by atoms with E-state index < -0.39 is 5.60 Å². The number of nitrogens with zero attached hydrogens (tertiary/aromatic N) is 2. The average Bonchev–Trinajstić information content (AvgIpc) is 3.03. The number of carbonyl (C=O) groups is 1. The van der Waals surface area contributed by atoms with Crippen LogP contribution in [0.1, 0.15) is 61.7 Å². The second kappa shape index (κ2) is 8.83. The molecule has 0 aliphatic carbocycles. The fraction of sp³-hybridized carbons (Fsp3) is 0.778. The Kier molecular flexibility index (Phi) is 6.69. The lowest BCUT2D eigenvalue weighted by Crippen LogP contribution is -2.44. The van der Waals surface area contributed by atoms with E-state index in [1.54, 1.807) is 23.3 Å². The van der Waals surface area contributed by atoms with Crippen molar-refractivity contribution in [3.63, 3.8) is 0 Å². The van der Waals surface area contributed by atoms with E-state index in [4.69, 9.17) is 19.0 Å². The molecule has 3 heterocycles. The number of carbonyl (C=O) groups excluding carboxylic acids is 1. The molecule has 2 aliphatic rings. The van der Waals surface area contributed by atoms with Gasteiger partial charge in [-0.1, -0.05) is 0 Å². The lowest BCUT2D eigenvalue weighted by molar-refractivity contribution is -0.168. The number of hydrogen-bond donors (Lipinski definition) is 1. The lowest BCUT2D eigenvalue weighted by Gasteiger charge is -2.33. The van der Waals surface area contributed by atoms with E-state index in [0.717, 1.165) is 41.4 Å². The molecule has 152 valence electrons. The first-order valence-electron chi connectivity index (χ1n) is 9.34. The molecule has 2 aliphatic heterocycles. The maximum atomic E-state index is 12.5. The normalized spacial score (nSPS) is 23.2. The zero-order valence-corrected chi connectivity index (χ0v) is 17.3. The van der Waals surface area contributed by atoms with E-state index >= 15 is 0 Å². The Hall–Kier alpha value is -1.26. The zero-order valence-electron chi connectivity index (χ0n) is 16.4. The minimum Gasteiger partial charge on any atom is -0.444 e. The summed E-state index contributed by atoms with van der Waals surface area (Å²) in [5.41, 5.74) is 3.28. The maximum absolute atomic E-state index is 12.5. The van der Waals surface area contributed by atoms with Crippen LogP contribution in [-0.2, 0) is 32.2 Å². The Bertz CT molecular complexity index is 639. The summed E-state index contributed by atoms with van der Waals surface area (Å²) in [5.74, 6) is 0. The van der Waals surface area contributed by atoms with Crippen molar-refractivity contribution in [2.45, 2.75) is 71.1 Å². The molecule has 1 aromatic rings. The highest BCUT2D eigenvalue weighted by Crippen LogP contribution is 2.33. The number of aromatic nitrogens is 1. The van der Waals surface area contributed by atoms with Gasteiger partial charge in [-0.25, -0.2) is 9.78 Å².